The van der Waals surface area contributed by atoms with E-state index in [1.807, 2.05) is 18.2 Å². The highest BCUT2D eigenvalue weighted by molar-refractivity contribution is 9.10. The Hall–Kier alpha value is -1.32. The Balaban J connectivity index is 2.37. The molecule has 0 fully saturated rings. The number of aromatic amines is 1. The summed E-state index contributed by atoms with van der Waals surface area (Å²) in [7, 11) is 0. The number of hydrogen-bond donors (Lipinski definition) is 1. The lowest BCUT2D eigenvalue weighted by Gasteiger charge is -2.01. The van der Waals surface area contributed by atoms with Gasteiger partial charge in [-0.2, -0.15) is 10.4 Å². The molecule has 0 aliphatic carbocycles. The van der Waals surface area contributed by atoms with E-state index in [9.17, 15) is 0 Å². The maximum absolute atomic E-state index is 8.99. The van der Waals surface area contributed by atoms with Gasteiger partial charge in [0.15, 0.2) is 5.16 Å². The molecule has 0 aliphatic heterocycles. The number of nitrogens with one attached hydrogen (secondary N) is 1. The normalized spacial score (nSPS) is 9.87. The number of nitrogens with zero attached hydrogens (tertiary/aromatic N) is 3. The van der Waals surface area contributed by atoms with Gasteiger partial charge in [-0.3, -0.25) is 5.10 Å². The van der Waals surface area contributed by atoms with E-state index in [4.69, 9.17) is 5.26 Å². The molecule has 1 aromatic heterocycles. The quantitative estimate of drug-likeness (QED) is 0.918. The lowest BCUT2D eigenvalue weighted by molar-refractivity contribution is 0.973. The highest BCUT2D eigenvalue weighted by Crippen LogP contribution is 2.31. The summed E-state index contributed by atoms with van der Waals surface area (Å²) < 4.78 is 0.787. The van der Waals surface area contributed by atoms with Gasteiger partial charge in [0, 0.05) is 9.37 Å². The molecule has 74 valence electrons. The first kappa shape index (κ1) is 10.2. The SMILES string of the molecule is N#Cc1c(Br)cccc1Sc1ncn[nH]1. The highest BCUT2D eigenvalue weighted by atomic mass is 79.9. The zero-order valence-electron chi connectivity index (χ0n) is 7.44. The molecule has 0 amide bonds. The number of hydrogen-bond acceptors (Lipinski definition) is 4. The third-order valence-corrected chi connectivity index (χ3v) is 3.30. The van der Waals surface area contributed by atoms with Gasteiger partial charge in [-0.05, 0) is 39.8 Å². The standard InChI is InChI=1S/C9H5BrN4S/c10-7-2-1-3-8(6(7)4-11)15-9-12-5-13-14-9/h1-3,5H,(H,12,13,14). The van der Waals surface area contributed by atoms with Crippen LogP contribution in [-0.2, 0) is 0 Å². The first-order valence-electron chi connectivity index (χ1n) is 4.03. The number of H-pyrrole nitrogens is 1. The predicted octanol–water partition coefficient (Wildman–Crippen LogP) is 2.59. The van der Waals surface area contributed by atoms with Gasteiger partial charge in [0.2, 0.25) is 0 Å². The van der Waals surface area contributed by atoms with E-state index >= 15 is 0 Å². The second kappa shape index (κ2) is 4.47. The molecule has 0 spiro atoms. The first-order chi connectivity index (χ1) is 7.31. The van der Waals surface area contributed by atoms with Crippen LogP contribution in [0.5, 0.6) is 0 Å². The fourth-order valence-electron chi connectivity index (χ4n) is 1.05. The number of aromatic nitrogens is 3. The molecule has 4 nitrogen and oxygen atoms in total. The van der Waals surface area contributed by atoms with Gasteiger partial charge in [-0.1, -0.05) is 6.07 Å². The van der Waals surface area contributed by atoms with E-state index in [1.54, 1.807) is 0 Å². The monoisotopic (exact) mass is 280 g/mol. The zero-order valence-corrected chi connectivity index (χ0v) is 9.84. The van der Waals surface area contributed by atoms with Crippen LogP contribution in [0.15, 0.2) is 39.1 Å². The van der Waals surface area contributed by atoms with Crippen molar-refractivity contribution in [2.24, 2.45) is 0 Å². The summed E-state index contributed by atoms with van der Waals surface area (Å²) in [6.45, 7) is 0. The van der Waals surface area contributed by atoms with Crippen molar-refractivity contribution in [3.63, 3.8) is 0 Å². The molecule has 0 saturated carbocycles. The van der Waals surface area contributed by atoms with Crippen LogP contribution < -0.4 is 0 Å². The second-order valence-corrected chi connectivity index (χ2v) is 4.50. The van der Waals surface area contributed by atoms with Crippen molar-refractivity contribution in [2.45, 2.75) is 10.1 Å². The second-order valence-electron chi connectivity index (χ2n) is 2.62. The molecule has 2 aromatic rings. The van der Waals surface area contributed by atoms with E-state index in [0.29, 0.717) is 10.7 Å². The molecule has 15 heavy (non-hydrogen) atoms. The molecule has 0 atom stereocenters. The average Bonchev–Trinajstić information content (AvgIpc) is 2.71. The molecular weight excluding hydrogens is 276 g/mol. The molecule has 1 heterocycles. The van der Waals surface area contributed by atoms with Gasteiger partial charge in [0.25, 0.3) is 0 Å². The van der Waals surface area contributed by atoms with Gasteiger partial charge in [-0.15, -0.1) is 0 Å². The Morgan fingerprint density at radius 2 is 2.33 bits per heavy atom. The van der Waals surface area contributed by atoms with Crippen LogP contribution >= 0.6 is 27.7 Å². The molecule has 0 radical (unpaired) electrons. The van der Waals surface area contributed by atoms with Gasteiger partial charge < -0.3 is 0 Å². The maximum atomic E-state index is 8.99. The number of halogens is 1. The Morgan fingerprint density at radius 1 is 1.47 bits per heavy atom. The van der Waals surface area contributed by atoms with Crippen LogP contribution in [0.25, 0.3) is 0 Å². The molecule has 2 rings (SSSR count). The van der Waals surface area contributed by atoms with Crippen LogP contribution in [0, 0.1) is 11.3 Å². The summed E-state index contributed by atoms with van der Waals surface area (Å²) in [4.78, 5) is 4.84. The van der Waals surface area contributed by atoms with Crippen molar-refractivity contribution in [2.75, 3.05) is 0 Å². The minimum atomic E-state index is 0.610. The van der Waals surface area contributed by atoms with E-state index < -0.39 is 0 Å². The van der Waals surface area contributed by atoms with Crippen molar-refractivity contribution in [3.05, 3.63) is 34.6 Å². The molecule has 1 aromatic carbocycles. The molecule has 0 unspecified atom stereocenters. The van der Waals surface area contributed by atoms with Crippen molar-refractivity contribution in [1.82, 2.24) is 15.2 Å². The van der Waals surface area contributed by atoms with Crippen molar-refractivity contribution < 1.29 is 0 Å². The van der Waals surface area contributed by atoms with Crippen LogP contribution in [-0.4, -0.2) is 15.2 Å². The molecule has 1 N–H and O–H groups in total. The number of rotatable bonds is 2. The summed E-state index contributed by atoms with van der Waals surface area (Å²) >= 11 is 4.71. The molecule has 6 heteroatoms. The Morgan fingerprint density at radius 3 is 3.00 bits per heavy atom. The largest absolute Gasteiger partial charge is 0.254 e. The highest BCUT2D eigenvalue weighted by Gasteiger charge is 2.08. The van der Waals surface area contributed by atoms with E-state index in [2.05, 4.69) is 37.2 Å². The van der Waals surface area contributed by atoms with Crippen LogP contribution in [0.4, 0.5) is 0 Å². The van der Waals surface area contributed by atoms with Crippen molar-refractivity contribution >= 4 is 27.7 Å². The van der Waals surface area contributed by atoms with E-state index in [0.717, 1.165) is 9.37 Å². The van der Waals surface area contributed by atoms with E-state index in [1.165, 1.54) is 18.1 Å². The third kappa shape index (κ3) is 2.19. The molecule has 0 aliphatic rings. The predicted molar refractivity (Wildman–Crippen MR) is 59.4 cm³/mol. The smallest absolute Gasteiger partial charge is 0.188 e. The average molecular weight is 281 g/mol. The number of benzene rings is 1. The maximum Gasteiger partial charge on any atom is 0.188 e. The minimum Gasteiger partial charge on any atom is -0.254 e. The summed E-state index contributed by atoms with van der Waals surface area (Å²) in [5.74, 6) is 0. The van der Waals surface area contributed by atoms with Crippen LogP contribution in [0.2, 0.25) is 0 Å². The summed E-state index contributed by atoms with van der Waals surface area (Å²) in [5, 5.41) is 16.1. The summed E-state index contributed by atoms with van der Waals surface area (Å²) in [5.41, 5.74) is 0.610. The van der Waals surface area contributed by atoms with Gasteiger partial charge in [0.1, 0.15) is 12.4 Å². The van der Waals surface area contributed by atoms with Gasteiger partial charge >= 0.3 is 0 Å². The fraction of sp³-hybridized carbons (Fsp3) is 0. The first-order valence-corrected chi connectivity index (χ1v) is 5.64. The summed E-state index contributed by atoms with van der Waals surface area (Å²) in [6, 6.07) is 7.73. The van der Waals surface area contributed by atoms with Crippen LogP contribution in [0.3, 0.4) is 0 Å². The number of nitriles is 1. The Labute approximate surface area is 98.9 Å². The lowest BCUT2D eigenvalue weighted by Crippen LogP contribution is -1.84. The Bertz CT molecular complexity index is 503. The third-order valence-electron chi connectivity index (χ3n) is 1.69. The zero-order chi connectivity index (χ0) is 10.7. The minimum absolute atomic E-state index is 0.610. The topological polar surface area (TPSA) is 65.4 Å². The Kier molecular flexibility index (Phi) is 3.04. The summed E-state index contributed by atoms with van der Waals surface area (Å²) in [6.07, 6.45) is 1.44. The molecule has 0 saturated heterocycles. The van der Waals surface area contributed by atoms with Crippen LogP contribution in [0.1, 0.15) is 5.56 Å². The molecule has 0 bridgehead atoms. The van der Waals surface area contributed by atoms with Gasteiger partial charge in [0.05, 0.1) is 5.56 Å². The lowest BCUT2D eigenvalue weighted by atomic mass is 10.2. The van der Waals surface area contributed by atoms with E-state index in [-0.39, 0.29) is 0 Å². The van der Waals surface area contributed by atoms with Crippen molar-refractivity contribution in [1.29, 1.82) is 5.26 Å². The molecular formula is C9H5BrN4S. The van der Waals surface area contributed by atoms with Crippen molar-refractivity contribution in [3.8, 4) is 6.07 Å². The van der Waals surface area contributed by atoms with Gasteiger partial charge in [-0.25, -0.2) is 4.98 Å². The fourth-order valence-corrected chi connectivity index (χ4v) is 2.44.